The molecular weight excluding hydrogens is 286 g/mol. The summed E-state index contributed by atoms with van der Waals surface area (Å²) in [6, 6.07) is 6.49. The SMILES string of the molecule is CC(C)(C)[Si](C)(C)OCC(O)Cc1ccccc1[N+](=O)[O-]. The number of para-hydroxylation sites is 1. The molecule has 0 heterocycles. The first kappa shape index (κ1) is 17.8. The van der Waals surface area contributed by atoms with Crippen LogP contribution < -0.4 is 0 Å². The molecule has 0 aliphatic rings. The predicted octanol–water partition coefficient (Wildman–Crippen LogP) is 3.52. The van der Waals surface area contributed by atoms with Gasteiger partial charge in [0.2, 0.25) is 0 Å². The van der Waals surface area contributed by atoms with Gasteiger partial charge in [0.15, 0.2) is 8.32 Å². The van der Waals surface area contributed by atoms with Crippen LogP contribution in [0.25, 0.3) is 0 Å². The predicted molar refractivity (Wildman–Crippen MR) is 86.0 cm³/mol. The molecular formula is C15H25NO4Si. The number of rotatable bonds is 6. The molecule has 0 spiro atoms. The highest BCUT2D eigenvalue weighted by atomic mass is 28.4. The van der Waals surface area contributed by atoms with E-state index in [9.17, 15) is 15.2 Å². The van der Waals surface area contributed by atoms with Gasteiger partial charge in [-0.25, -0.2) is 0 Å². The minimum atomic E-state index is -1.91. The Morgan fingerprint density at radius 2 is 1.90 bits per heavy atom. The van der Waals surface area contributed by atoms with E-state index in [2.05, 4.69) is 33.9 Å². The van der Waals surface area contributed by atoms with Gasteiger partial charge in [-0.1, -0.05) is 39.0 Å². The molecule has 1 aromatic carbocycles. The van der Waals surface area contributed by atoms with Crippen molar-refractivity contribution in [1.29, 1.82) is 0 Å². The monoisotopic (exact) mass is 311 g/mol. The molecule has 6 heteroatoms. The van der Waals surface area contributed by atoms with Crippen LogP contribution in [0.2, 0.25) is 18.1 Å². The average molecular weight is 311 g/mol. The molecule has 0 aromatic heterocycles. The van der Waals surface area contributed by atoms with Crippen LogP contribution in [0, 0.1) is 10.1 Å². The van der Waals surface area contributed by atoms with Crippen molar-refractivity contribution in [2.75, 3.05) is 6.61 Å². The molecule has 0 radical (unpaired) electrons. The number of benzene rings is 1. The van der Waals surface area contributed by atoms with Crippen molar-refractivity contribution in [2.24, 2.45) is 0 Å². The van der Waals surface area contributed by atoms with E-state index >= 15 is 0 Å². The third-order valence-corrected chi connectivity index (χ3v) is 8.59. The largest absolute Gasteiger partial charge is 0.414 e. The van der Waals surface area contributed by atoms with Gasteiger partial charge in [-0.2, -0.15) is 0 Å². The second-order valence-corrected chi connectivity index (χ2v) is 11.6. The lowest BCUT2D eigenvalue weighted by molar-refractivity contribution is -0.385. The van der Waals surface area contributed by atoms with Crippen LogP contribution in [0.3, 0.4) is 0 Å². The molecule has 118 valence electrons. The van der Waals surface area contributed by atoms with Crippen molar-refractivity contribution >= 4 is 14.0 Å². The average Bonchev–Trinajstić information content (AvgIpc) is 2.35. The number of hydrogen-bond acceptors (Lipinski definition) is 4. The Morgan fingerprint density at radius 1 is 1.33 bits per heavy atom. The molecule has 5 nitrogen and oxygen atoms in total. The molecule has 0 aliphatic carbocycles. The van der Waals surface area contributed by atoms with Gasteiger partial charge in [0.25, 0.3) is 5.69 Å². The zero-order valence-electron chi connectivity index (χ0n) is 13.4. The first-order valence-electron chi connectivity index (χ1n) is 7.09. The topological polar surface area (TPSA) is 72.6 Å². The molecule has 1 rings (SSSR count). The van der Waals surface area contributed by atoms with Crippen LogP contribution in [-0.4, -0.2) is 31.1 Å². The maximum absolute atomic E-state index is 11.0. The summed E-state index contributed by atoms with van der Waals surface area (Å²) in [6.07, 6.45) is -0.508. The summed E-state index contributed by atoms with van der Waals surface area (Å²) in [5, 5.41) is 21.1. The highest BCUT2D eigenvalue weighted by Gasteiger charge is 2.37. The summed E-state index contributed by atoms with van der Waals surface area (Å²) >= 11 is 0. The number of aliphatic hydroxyl groups is 1. The maximum Gasteiger partial charge on any atom is 0.272 e. The Hall–Kier alpha value is -1.24. The summed E-state index contributed by atoms with van der Waals surface area (Å²) in [5.41, 5.74) is 0.581. The Morgan fingerprint density at radius 3 is 2.43 bits per heavy atom. The Kier molecular flexibility index (Phi) is 5.66. The normalized spacial score (nSPS) is 14.0. The van der Waals surface area contributed by atoms with Crippen LogP contribution in [0.4, 0.5) is 5.69 Å². The second-order valence-electron chi connectivity index (χ2n) is 6.82. The summed E-state index contributed by atoms with van der Waals surface area (Å²) in [6.45, 7) is 10.8. The highest BCUT2D eigenvalue weighted by Crippen LogP contribution is 2.36. The van der Waals surface area contributed by atoms with Crippen molar-refractivity contribution in [3.63, 3.8) is 0 Å². The lowest BCUT2D eigenvalue weighted by Gasteiger charge is -2.36. The summed E-state index contributed by atoms with van der Waals surface area (Å²) in [7, 11) is -1.91. The molecule has 0 bridgehead atoms. The highest BCUT2D eigenvalue weighted by molar-refractivity contribution is 6.74. The van der Waals surface area contributed by atoms with E-state index in [0.29, 0.717) is 5.56 Å². The molecule has 0 aliphatic heterocycles. The lowest BCUT2D eigenvalue weighted by Crippen LogP contribution is -2.42. The Bertz CT molecular complexity index is 497. The van der Waals surface area contributed by atoms with E-state index in [1.807, 2.05) is 0 Å². The van der Waals surface area contributed by atoms with Crippen molar-refractivity contribution in [1.82, 2.24) is 0 Å². The van der Waals surface area contributed by atoms with Gasteiger partial charge in [-0.3, -0.25) is 10.1 Å². The first-order valence-corrected chi connectivity index (χ1v) is 10.00. The number of nitro benzene ring substituents is 1. The fourth-order valence-corrected chi connectivity index (χ4v) is 2.74. The van der Waals surface area contributed by atoms with Gasteiger partial charge in [0.05, 0.1) is 17.6 Å². The smallest absolute Gasteiger partial charge is 0.272 e. The van der Waals surface area contributed by atoms with E-state index in [1.165, 1.54) is 6.07 Å². The molecule has 1 unspecified atom stereocenters. The molecule has 0 amide bonds. The molecule has 1 atom stereocenters. The van der Waals surface area contributed by atoms with Crippen molar-refractivity contribution < 1.29 is 14.5 Å². The fraction of sp³-hybridized carbons (Fsp3) is 0.600. The molecule has 21 heavy (non-hydrogen) atoms. The summed E-state index contributed by atoms with van der Waals surface area (Å²) in [4.78, 5) is 10.5. The third kappa shape index (κ3) is 4.91. The van der Waals surface area contributed by atoms with Crippen LogP contribution in [0.5, 0.6) is 0 Å². The number of nitrogens with zero attached hydrogens (tertiary/aromatic N) is 1. The summed E-state index contributed by atoms with van der Waals surface area (Å²) in [5.74, 6) is 0. The van der Waals surface area contributed by atoms with Crippen LogP contribution >= 0.6 is 0 Å². The van der Waals surface area contributed by atoms with Crippen LogP contribution in [0.15, 0.2) is 24.3 Å². The van der Waals surface area contributed by atoms with E-state index in [-0.39, 0.29) is 23.8 Å². The number of hydrogen-bond donors (Lipinski definition) is 1. The zero-order chi connectivity index (χ0) is 16.3. The first-order chi connectivity index (χ1) is 9.54. The quantitative estimate of drug-likeness (QED) is 0.495. The second kappa shape index (κ2) is 6.68. The van der Waals surface area contributed by atoms with Gasteiger partial charge >= 0.3 is 0 Å². The standard InChI is InChI=1S/C15H25NO4Si/c1-15(2,3)21(4,5)20-11-13(17)10-12-8-6-7-9-14(12)16(18)19/h6-9,13,17H,10-11H2,1-5H3. The molecule has 0 fully saturated rings. The van der Waals surface area contributed by atoms with Crippen LogP contribution in [0.1, 0.15) is 26.3 Å². The molecule has 1 aromatic rings. The van der Waals surface area contributed by atoms with Gasteiger partial charge in [0, 0.05) is 18.1 Å². The fourth-order valence-electron chi connectivity index (χ4n) is 1.70. The number of nitro groups is 1. The zero-order valence-corrected chi connectivity index (χ0v) is 14.4. The van der Waals surface area contributed by atoms with Gasteiger partial charge < -0.3 is 9.53 Å². The van der Waals surface area contributed by atoms with Gasteiger partial charge in [-0.15, -0.1) is 0 Å². The minimum Gasteiger partial charge on any atom is -0.414 e. The Balaban J connectivity index is 2.67. The van der Waals surface area contributed by atoms with Gasteiger partial charge in [-0.05, 0) is 18.1 Å². The van der Waals surface area contributed by atoms with E-state index in [1.54, 1.807) is 18.2 Å². The summed E-state index contributed by atoms with van der Waals surface area (Å²) < 4.78 is 5.95. The van der Waals surface area contributed by atoms with E-state index < -0.39 is 19.3 Å². The van der Waals surface area contributed by atoms with E-state index in [4.69, 9.17) is 4.43 Å². The van der Waals surface area contributed by atoms with Crippen LogP contribution in [-0.2, 0) is 10.8 Å². The van der Waals surface area contributed by atoms with Gasteiger partial charge in [0.1, 0.15) is 0 Å². The van der Waals surface area contributed by atoms with Crippen molar-refractivity contribution in [3.05, 3.63) is 39.9 Å². The lowest BCUT2D eigenvalue weighted by atomic mass is 10.1. The van der Waals surface area contributed by atoms with Crippen molar-refractivity contribution in [2.45, 2.75) is 51.4 Å². The molecule has 0 saturated carbocycles. The molecule has 0 saturated heterocycles. The number of aliphatic hydroxyl groups excluding tert-OH is 1. The maximum atomic E-state index is 11.0. The minimum absolute atomic E-state index is 0.0453. The Labute approximate surface area is 127 Å². The van der Waals surface area contributed by atoms with E-state index in [0.717, 1.165) is 0 Å². The molecule has 1 N–H and O–H groups in total. The third-order valence-electron chi connectivity index (χ3n) is 4.09. The van der Waals surface area contributed by atoms with Crippen molar-refractivity contribution in [3.8, 4) is 0 Å².